The molecule has 0 unspecified atom stereocenters. The van der Waals surface area contributed by atoms with Crippen LogP contribution in [0.3, 0.4) is 0 Å². The van der Waals surface area contributed by atoms with Gasteiger partial charge in [0, 0.05) is 19.4 Å². The Kier molecular flexibility index (Phi) is 1.58. The smallest absolute Gasteiger partial charge is 0.0925 e. The first-order valence-electron chi connectivity index (χ1n) is 3.76. The van der Waals surface area contributed by atoms with Gasteiger partial charge < -0.3 is 4.57 Å². The maximum absolute atomic E-state index is 6.01. The van der Waals surface area contributed by atoms with Crippen molar-refractivity contribution in [3.8, 4) is 0 Å². The number of aromatic nitrogens is 2. The minimum absolute atomic E-state index is 0.760. The molecule has 12 heavy (non-hydrogen) atoms. The number of nitrogens with zero attached hydrogens (tertiary/aromatic N) is 2. The van der Waals surface area contributed by atoms with Crippen molar-refractivity contribution < 1.29 is 0 Å². The molecule has 0 fully saturated rings. The lowest BCUT2D eigenvalue weighted by molar-refractivity contribution is 0.963. The highest BCUT2D eigenvalue weighted by Gasteiger charge is 2.06. The molecule has 0 aliphatic carbocycles. The Bertz CT molecular complexity index is 431. The number of hydrogen-bond donors (Lipinski definition) is 0. The summed E-state index contributed by atoms with van der Waals surface area (Å²) in [5, 5.41) is 0.760. The molecule has 62 valence electrons. The standard InChI is InChI=1S/C9H9ClN2/c1-6-5-12(2)9-7(10)3-4-11-8(6)9/h3-5H,1-2H3. The molecule has 0 amide bonds. The van der Waals surface area contributed by atoms with Crippen molar-refractivity contribution in [1.82, 2.24) is 9.55 Å². The van der Waals surface area contributed by atoms with Gasteiger partial charge in [-0.15, -0.1) is 0 Å². The van der Waals surface area contributed by atoms with Crippen LogP contribution in [0, 0.1) is 6.92 Å². The number of halogens is 1. The molecular weight excluding hydrogens is 172 g/mol. The first kappa shape index (κ1) is 7.62. The van der Waals surface area contributed by atoms with E-state index in [1.807, 2.05) is 30.8 Å². The van der Waals surface area contributed by atoms with E-state index in [1.165, 1.54) is 0 Å². The molecule has 0 aliphatic heterocycles. The predicted octanol–water partition coefficient (Wildman–Crippen LogP) is 2.54. The van der Waals surface area contributed by atoms with Crippen LogP contribution in [0.5, 0.6) is 0 Å². The van der Waals surface area contributed by atoms with Crippen LogP contribution in [0.4, 0.5) is 0 Å². The predicted molar refractivity (Wildman–Crippen MR) is 50.5 cm³/mol. The zero-order chi connectivity index (χ0) is 8.72. The van der Waals surface area contributed by atoms with Crippen LogP contribution in [0.15, 0.2) is 18.5 Å². The van der Waals surface area contributed by atoms with E-state index in [0.29, 0.717) is 0 Å². The summed E-state index contributed by atoms with van der Waals surface area (Å²) >= 11 is 6.01. The average molecular weight is 181 g/mol. The molecule has 2 aromatic rings. The summed E-state index contributed by atoms with van der Waals surface area (Å²) in [5.74, 6) is 0. The lowest BCUT2D eigenvalue weighted by Crippen LogP contribution is -1.85. The molecule has 0 aromatic carbocycles. The molecule has 3 heteroatoms. The highest BCUT2D eigenvalue weighted by molar-refractivity contribution is 6.35. The minimum atomic E-state index is 0.760. The van der Waals surface area contributed by atoms with Crippen molar-refractivity contribution in [3.05, 3.63) is 29.0 Å². The van der Waals surface area contributed by atoms with Gasteiger partial charge in [-0.05, 0) is 18.6 Å². The maximum Gasteiger partial charge on any atom is 0.0925 e. The van der Waals surface area contributed by atoms with Crippen LogP contribution in [0.2, 0.25) is 5.02 Å². The first-order valence-corrected chi connectivity index (χ1v) is 4.14. The Morgan fingerprint density at radius 2 is 2.25 bits per heavy atom. The molecule has 2 nitrogen and oxygen atoms in total. The Morgan fingerprint density at radius 3 is 2.92 bits per heavy atom. The van der Waals surface area contributed by atoms with Crippen LogP contribution >= 0.6 is 11.6 Å². The molecular formula is C9H9ClN2. The highest BCUT2D eigenvalue weighted by atomic mass is 35.5. The Hall–Kier alpha value is -1.02. The summed E-state index contributed by atoms with van der Waals surface area (Å²) in [4.78, 5) is 4.26. The Labute approximate surface area is 75.8 Å². The van der Waals surface area contributed by atoms with Crippen LogP contribution in [-0.2, 0) is 7.05 Å². The third kappa shape index (κ3) is 0.916. The van der Waals surface area contributed by atoms with Gasteiger partial charge in [0.1, 0.15) is 0 Å². The summed E-state index contributed by atoms with van der Waals surface area (Å²) in [6, 6.07) is 1.81. The molecule has 0 N–H and O–H groups in total. The van der Waals surface area contributed by atoms with E-state index in [2.05, 4.69) is 4.98 Å². The van der Waals surface area contributed by atoms with Gasteiger partial charge in [0.2, 0.25) is 0 Å². The topological polar surface area (TPSA) is 17.8 Å². The molecule has 0 saturated heterocycles. The van der Waals surface area contributed by atoms with Gasteiger partial charge in [0.15, 0.2) is 0 Å². The fraction of sp³-hybridized carbons (Fsp3) is 0.222. The summed E-state index contributed by atoms with van der Waals surface area (Å²) in [5.41, 5.74) is 3.16. The van der Waals surface area contributed by atoms with E-state index < -0.39 is 0 Å². The van der Waals surface area contributed by atoms with E-state index >= 15 is 0 Å². The van der Waals surface area contributed by atoms with E-state index in [-0.39, 0.29) is 0 Å². The van der Waals surface area contributed by atoms with Gasteiger partial charge in [-0.25, -0.2) is 0 Å². The SMILES string of the molecule is Cc1cn(C)c2c(Cl)ccnc12. The number of rotatable bonds is 0. The van der Waals surface area contributed by atoms with E-state index in [1.54, 1.807) is 6.20 Å². The van der Waals surface area contributed by atoms with Crippen LogP contribution in [0.1, 0.15) is 5.56 Å². The van der Waals surface area contributed by atoms with Gasteiger partial charge in [-0.3, -0.25) is 4.98 Å². The van der Waals surface area contributed by atoms with Gasteiger partial charge in [0.05, 0.1) is 16.1 Å². The van der Waals surface area contributed by atoms with Crippen molar-refractivity contribution in [2.75, 3.05) is 0 Å². The van der Waals surface area contributed by atoms with E-state index in [0.717, 1.165) is 21.6 Å². The maximum atomic E-state index is 6.01. The number of aryl methyl sites for hydroxylation is 2. The van der Waals surface area contributed by atoms with Crippen molar-refractivity contribution in [3.63, 3.8) is 0 Å². The second-order valence-electron chi connectivity index (χ2n) is 2.91. The van der Waals surface area contributed by atoms with E-state index in [4.69, 9.17) is 11.6 Å². The van der Waals surface area contributed by atoms with Gasteiger partial charge >= 0.3 is 0 Å². The average Bonchev–Trinajstić information content (AvgIpc) is 2.29. The number of fused-ring (bicyclic) bond motifs is 1. The number of hydrogen-bond acceptors (Lipinski definition) is 1. The fourth-order valence-electron chi connectivity index (χ4n) is 1.47. The van der Waals surface area contributed by atoms with Crippen molar-refractivity contribution in [2.45, 2.75) is 6.92 Å². The monoisotopic (exact) mass is 180 g/mol. The second kappa shape index (κ2) is 2.49. The zero-order valence-corrected chi connectivity index (χ0v) is 7.76. The van der Waals surface area contributed by atoms with Crippen molar-refractivity contribution >= 4 is 22.6 Å². The van der Waals surface area contributed by atoms with Crippen LogP contribution in [-0.4, -0.2) is 9.55 Å². The van der Waals surface area contributed by atoms with Crippen molar-refractivity contribution in [1.29, 1.82) is 0 Å². The number of pyridine rings is 1. The quantitative estimate of drug-likeness (QED) is 0.609. The molecule has 0 spiro atoms. The van der Waals surface area contributed by atoms with Crippen LogP contribution < -0.4 is 0 Å². The van der Waals surface area contributed by atoms with Gasteiger partial charge in [-0.2, -0.15) is 0 Å². The third-order valence-electron chi connectivity index (χ3n) is 1.99. The first-order chi connectivity index (χ1) is 5.70. The molecule has 0 aliphatic rings. The summed E-state index contributed by atoms with van der Waals surface area (Å²) in [7, 11) is 1.98. The Morgan fingerprint density at radius 1 is 1.50 bits per heavy atom. The molecule has 0 radical (unpaired) electrons. The van der Waals surface area contributed by atoms with Crippen molar-refractivity contribution in [2.24, 2.45) is 7.05 Å². The summed E-state index contributed by atoms with van der Waals surface area (Å²) < 4.78 is 2.00. The summed E-state index contributed by atoms with van der Waals surface area (Å²) in [6.07, 6.45) is 3.77. The summed E-state index contributed by atoms with van der Waals surface area (Å²) in [6.45, 7) is 2.03. The van der Waals surface area contributed by atoms with Gasteiger partial charge in [-0.1, -0.05) is 11.6 Å². The second-order valence-corrected chi connectivity index (χ2v) is 3.32. The molecule has 2 heterocycles. The minimum Gasteiger partial charge on any atom is -0.348 e. The molecule has 2 rings (SSSR count). The highest BCUT2D eigenvalue weighted by Crippen LogP contribution is 2.24. The normalized spacial score (nSPS) is 10.9. The van der Waals surface area contributed by atoms with Gasteiger partial charge in [0.25, 0.3) is 0 Å². The lowest BCUT2D eigenvalue weighted by Gasteiger charge is -1.96. The third-order valence-corrected chi connectivity index (χ3v) is 2.29. The Balaban J connectivity index is 2.99. The fourth-order valence-corrected chi connectivity index (χ4v) is 1.75. The molecule has 0 saturated carbocycles. The lowest BCUT2D eigenvalue weighted by atomic mass is 10.3. The van der Waals surface area contributed by atoms with E-state index in [9.17, 15) is 0 Å². The molecule has 0 bridgehead atoms. The zero-order valence-electron chi connectivity index (χ0n) is 7.00. The van der Waals surface area contributed by atoms with Crippen LogP contribution in [0.25, 0.3) is 11.0 Å². The molecule has 0 atom stereocenters. The largest absolute Gasteiger partial charge is 0.348 e. The molecule has 2 aromatic heterocycles.